The number of rotatable bonds is 5. The lowest BCUT2D eigenvalue weighted by atomic mass is 9.89. The fraction of sp³-hybridized carbons (Fsp3) is 0.500. The predicted octanol–water partition coefficient (Wildman–Crippen LogP) is 1.46. The van der Waals surface area contributed by atoms with Crippen molar-refractivity contribution in [1.82, 2.24) is 10.6 Å². The summed E-state index contributed by atoms with van der Waals surface area (Å²) in [7, 11) is 0. The third-order valence-electron chi connectivity index (χ3n) is 3.21. The zero-order chi connectivity index (χ0) is 16.0. The minimum Gasteiger partial charge on any atom is -0.391 e. The van der Waals surface area contributed by atoms with Crippen LogP contribution in [0.15, 0.2) is 24.3 Å². The average Bonchev–Trinajstić information content (AvgIpc) is 2.41. The van der Waals surface area contributed by atoms with Crippen LogP contribution >= 0.6 is 0 Å². The van der Waals surface area contributed by atoms with Crippen LogP contribution < -0.4 is 10.6 Å². The van der Waals surface area contributed by atoms with Crippen molar-refractivity contribution in [3.05, 3.63) is 35.4 Å². The molecule has 1 aromatic carbocycles. The van der Waals surface area contributed by atoms with E-state index in [1.54, 1.807) is 24.3 Å². The molecule has 1 unspecified atom stereocenters. The predicted molar refractivity (Wildman–Crippen MR) is 81.8 cm³/mol. The summed E-state index contributed by atoms with van der Waals surface area (Å²) >= 11 is 0. The largest absolute Gasteiger partial charge is 0.391 e. The van der Waals surface area contributed by atoms with Crippen molar-refractivity contribution in [2.24, 2.45) is 5.41 Å². The number of aliphatic hydroxyl groups is 1. The van der Waals surface area contributed by atoms with E-state index in [1.165, 1.54) is 6.92 Å². The van der Waals surface area contributed by atoms with Crippen molar-refractivity contribution >= 4 is 11.8 Å². The van der Waals surface area contributed by atoms with Crippen LogP contribution in [0.2, 0.25) is 0 Å². The smallest absolute Gasteiger partial charge is 0.251 e. The van der Waals surface area contributed by atoms with Gasteiger partial charge in [0.15, 0.2) is 0 Å². The van der Waals surface area contributed by atoms with Gasteiger partial charge in [0.05, 0.1) is 6.10 Å². The van der Waals surface area contributed by atoms with E-state index in [-0.39, 0.29) is 23.8 Å². The molecule has 0 aliphatic carbocycles. The molecular formula is C16H24N2O3. The lowest BCUT2D eigenvalue weighted by molar-refractivity contribution is -0.119. The first kappa shape index (κ1) is 17.2. The Morgan fingerprint density at radius 1 is 1.14 bits per heavy atom. The van der Waals surface area contributed by atoms with Crippen LogP contribution in [0, 0.1) is 5.41 Å². The Morgan fingerprint density at radius 2 is 1.71 bits per heavy atom. The molecule has 0 aliphatic rings. The number of carbonyl (C=O) groups is 2. The second kappa shape index (κ2) is 7.22. The molecule has 5 heteroatoms. The summed E-state index contributed by atoms with van der Waals surface area (Å²) < 4.78 is 0. The van der Waals surface area contributed by atoms with Gasteiger partial charge in [-0.3, -0.25) is 9.59 Å². The second-order valence-corrected chi connectivity index (χ2v) is 6.20. The monoisotopic (exact) mass is 292 g/mol. The lowest BCUT2D eigenvalue weighted by Crippen LogP contribution is -2.39. The van der Waals surface area contributed by atoms with E-state index in [4.69, 9.17) is 0 Å². The van der Waals surface area contributed by atoms with Crippen molar-refractivity contribution in [3.8, 4) is 0 Å². The fourth-order valence-corrected chi connectivity index (χ4v) is 1.60. The first-order chi connectivity index (χ1) is 9.70. The zero-order valence-electron chi connectivity index (χ0n) is 13.1. The van der Waals surface area contributed by atoms with Gasteiger partial charge in [-0.25, -0.2) is 0 Å². The van der Waals surface area contributed by atoms with Gasteiger partial charge in [0, 0.05) is 25.6 Å². The van der Waals surface area contributed by atoms with Gasteiger partial charge in [-0.2, -0.15) is 0 Å². The van der Waals surface area contributed by atoms with E-state index in [1.807, 2.05) is 20.8 Å². The van der Waals surface area contributed by atoms with E-state index >= 15 is 0 Å². The van der Waals surface area contributed by atoms with Crippen LogP contribution in [0.25, 0.3) is 0 Å². The SMILES string of the molecule is CC(=O)NCc1ccc(C(=O)NCC(O)C(C)(C)C)cc1. The quantitative estimate of drug-likeness (QED) is 0.769. The molecule has 0 aromatic heterocycles. The summed E-state index contributed by atoms with van der Waals surface area (Å²) in [5.41, 5.74) is 1.19. The molecule has 0 fully saturated rings. The molecule has 3 N–H and O–H groups in total. The van der Waals surface area contributed by atoms with Crippen LogP contribution in [0.1, 0.15) is 43.6 Å². The van der Waals surface area contributed by atoms with Crippen molar-refractivity contribution in [3.63, 3.8) is 0 Å². The molecule has 0 aliphatic heterocycles. The maximum Gasteiger partial charge on any atom is 0.251 e. The van der Waals surface area contributed by atoms with E-state index in [9.17, 15) is 14.7 Å². The molecule has 2 amide bonds. The molecule has 5 nitrogen and oxygen atoms in total. The third kappa shape index (κ3) is 5.95. The van der Waals surface area contributed by atoms with Gasteiger partial charge >= 0.3 is 0 Å². The summed E-state index contributed by atoms with van der Waals surface area (Å²) in [6.07, 6.45) is -0.597. The maximum absolute atomic E-state index is 12.0. The van der Waals surface area contributed by atoms with Crippen LogP contribution in [0.5, 0.6) is 0 Å². The van der Waals surface area contributed by atoms with Gasteiger partial charge < -0.3 is 15.7 Å². The number of hydrogen-bond acceptors (Lipinski definition) is 3. The molecule has 1 atom stereocenters. The molecule has 0 saturated heterocycles. The molecule has 0 radical (unpaired) electrons. The fourth-order valence-electron chi connectivity index (χ4n) is 1.60. The lowest BCUT2D eigenvalue weighted by Gasteiger charge is -2.25. The Bertz CT molecular complexity index is 489. The minimum atomic E-state index is -0.597. The van der Waals surface area contributed by atoms with Crippen LogP contribution in [-0.4, -0.2) is 29.6 Å². The van der Waals surface area contributed by atoms with Gasteiger partial charge in [0.1, 0.15) is 0 Å². The van der Waals surface area contributed by atoms with Crippen molar-refractivity contribution < 1.29 is 14.7 Å². The summed E-state index contributed by atoms with van der Waals surface area (Å²) in [4.78, 5) is 22.8. The topological polar surface area (TPSA) is 78.4 Å². The number of carbonyl (C=O) groups excluding carboxylic acids is 2. The summed E-state index contributed by atoms with van der Waals surface area (Å²) in [6, 6.07) is 7.00. The van der Waals surface area contributed by atoms with E-state index in [0.29, 0.717) is 12.1 Å². The molecule has 116 valence electrons. The van der Waals surface area contributed by atoms with Crippen LogP contribution in [0.3, 0.4) is 0 Å². The van der Waals surface area contributed by atoms with Crippen molar-refractivity contribution in [1.29, 1.82) is 0 Å². The normalized spacial score (nSPS) is 12.6. The highest BCUT2D eigenvalue weighted by molar-refractivity contribution is 5.94. The molecule has 0 bridgehead atoms. The summed E-state index contributed by atoms with van der Waals surface area (Å²) in [6.45, 7) is 7.88. The molecule has 0 spiro atoms. The van der Waals surface area contributed by atoms with Gasteiger partial charge in [-0.15, -0.1) is 0 Å². The van der Waals surface area contributed by atoms with Gasteiger partial charge in [-0.1, -0.05) is 32.9 Å². The first-order valence-electron chi connectivity index (χ1n) is 7.00. The van der Waals surface area contributed by atoms with Gasteiger partial charge in [0.25, 0.3) is 5.91 Å². The zero-order valence-corrected chi connectivity index (χ0v) is 13.1. The molecule has 1 aromatic rings. The third-order valence-corrected chi connectivity index (χ3v) is 3.21. The Balaban J connectivity index is 2.53. The second-order valence-electron chi connectivity index (χ2n) is 6.20. The Hall–Kier alpha value is -1.88. The first-order valence-corrected chi connectivity index (χ1v) is 7.00. The minimum absolute atomic E-state index is 0.0898. The Labute approximate surface area is 125 Å². The Kier molecular flexibility index (Phi) is 5.90. The van der Waals surface area contributed by atoms with Crippen molar-refractivity contribution in [2.75, 3.05) is 6.54 Å². The summed E-state index contributed by atoms with van der Waals surface area (Å²) in [5, 5.41) is 15.3. The summed E-state index contributed by atoms with van der Waals surface area (Å²) in [5.74, 6) is -0.308. The van der Waals surface area contributed by atoms with Crippen LogP contribution in [0.4, 0.5) is 0 Å². The van der Waals surface area contributed by atoms with E-state index in [0.717, 1.165) is 5.56 Å². The number of benzene rings is 1. The van der Waals surface area contributed by atoms with Gasteiger partial charge in [0.2, 0.25) is 5.91 Å². The molecule has 0 saturated carbocycles. The van der Waals surface area contributed by atoms with Crippen LogP contribution in [-0.2, 0) is 11.3 Å². The maximum atomic E-state index is 12.0. The van der Waals surface area contributed by atoms with Gasteiger partial charge in [-0.05, 0) is 23.1 Å². The highest BCUT2D eigenvalue weighted by atomic mass is 16.3. The van der Waals surface area contributed by atoms with E-state index < -0.39 is 6.10 Å². The molecule has 0 heterocycles. The van der Waals surface area contributed by atoms with Crippen molar-refractivity contribution in [2.45, 2.75) is 40.3 Å². The highest BCUT2D eigenvalue weighted by Crippen LogP contribution is 2.18. The Morgan fingerprint density at radius 3 is 2.19 bits per heavy atom. The number of hydrogen-bond donors (Lipinski definition) is 3. The standard InChI is InChI=1S/C16H24N2O3/c1-11(19)17-9-12-5-7-13(8-6-12)15(21)18-10-14(20)16(2,3)4/h5-8,14,20H,9-10H2,1-4H3,(H,17,19)(H,18,21). The number of nitrogens with one attached hydrogen (secondary N) is 2. The average molecular weight is 292 g/mol. The number of aliphatic hydroxyl groups excluding tert-OH is 1. The molecular weight excluding hydrogens is 268 g/mol. The van der Waals surface area contributed by atoms with E-state index in [2.05, 4.69) is 10.6 Å². The molecule has 1 rings (SSSR count). The highest BCUT2D eigenvalue weighted by Gasteiger charge is 2.22. The molecule has 21 heavy (non-hydrogen) atoms. The number of amides is 2.